The maximum atomic E-state index is 3.70. The Morgan fingerprint density at radius 2 is 0.807 bits per heavy atom. The van der Waals surface area contributed by atoms with Gasteiger partial charge in [0.05, 0.1) is 22.1 Å². The average molecular weight is 734 g/mol. The van der Waals surface area contributed by atoms with Gasteiger partial charge in [0.25, 0.3) is 0 Å². The van der Waals surface area contributed by atoms with Crippen LogP contribution in [0.15, 0.2) is 170 Å². The van der Waals surface area contributed by atoms with Gasteiger partial charge in [0.15, 0.2) is 0 Å². The fraction of sp³-hybridized carbons (Fsp3) is 0.111. The molecule has 3 nitrogen and oxygen atoms in total. The number of rotatable bonds is 7. The van der Waals surface area contributed by atoms with Crippen molar-refractivity contribution in [2.45, 2.75) is 33.6 Å². The van der Waals surface area contributed by atoms with Gasteiger partial charge in [-0.1, -0.05) is 106 Å². The minimum absolute atomic E-state index is 0.637. The van der Waals surface area contributed by atoms with E-state index in [4.69, 9.17) is 0 Å². The molecule has 274 valence electrons. The lowest BCUT2D eigenvalue weighted by Gasteiger charge is -2.10. The molecule has 0 bridgehead atoms. The van der Waals surface area contributed by atoms with Gasteiger partial charge in [0, 0.05) is 54.7 Å². The second-order valence-corrected chi connectivity index (χ2v) is 16.1. The Labute approximate surface area is 332 Å². The van der Waals surface area contributed by atoms with Crippen LogP contribution in [0.1, 0.15) is 31.9 Å². The molecule has 0 aliphatic carbocycles. The molecule has 0 fully saturated rings. The Morgan fingerprint density at radius 3 is 1.26 bits per heavy atom. The molecule has 0 radical (unpaired) electrons. The summed E-state index contributed by atoms with van der Waals surface area (Å²) in [5.41, 5.74) is 17.2. The van der Waals surface area contributed by atoms with Crippen LogP contribution in [-0.4, -0.2) is 14.1 Å². The highest BCUT2D eigenvalue weighted by Gasteiger charge is 2.16. The summed E-state index contributed by atoms with van der Waals surface area (Å²) in [5.74, 6) is 0.637. The van der Waals surface area contributed by atoms with E-state index in [1.165, 1.54) is 99.1 Å². The van der Waals surface area contributed by atoms with Crippen molar-refractivity contribution in [1.29, 1.82) is 0 Å². The number of hydrogen-bond acceptors (Lipinski definition) is 0. The van der Waals surface area contributed by atoms with Crippen LogP contribution in [-0.2, 0) is 12.8 Å². The average Bonchev–Trinajstić information content (AvgIpc) is 3.90. The van der Waals surface area contributed by atoms with E-state index in [9.17, 15) is 0 Å². The van der Waals surface area contributed by atoms with Crippen molar-refractivity contribution in [3.63, 3.8) is 0 Å². The number of aromatic amines is 1. The van der Waals surface area contributed by atoms with Gasteiger partial charge in [0.1, 0.15) is 0 Å². The highest BCUT2D eigenvalue weighted by atomic mass is 15.0. The summed E-state index contributed by atoms with van der Waals surface area (Å²) in [5, 5.41) is 7.55. The summed E-state index contributed by atoms with van der Waals surface area (Å²) >= 11 is 0. The van der Waals surface area contributed by atoms with Crippen molar-refractivity contribution in [1.82, 2.24) is 14.1 Å². The van der Waals surface area contributed by atoms with E-state index in [0.717, 1.165) is 23.9 Å². The molecular formula is C54H43N3. The molecular weight excluding hydrogens is 691 g/mol. The predicted molar refractivity (Wildman–Crippen MR) is 243 cm³/mol. The lowest BCUT2D eigenvalue weighted by Crippen LogP contribution is -1.97. The van der Waals surface area contributed by atoms with Crippen LogP contribution >= 0.6 is 0 Å². The zero-order valence-corrected chi connectivity index (χ0v) is 32.6. The van der Waals surface area contributed by atoms with Gasteiger partial charge in [-0.2, -0.15) is 0 Å². The molecule has 0 aliphatic rings. The number of para-hydroxylation sites is 2. The van der Waals surface area contributed by atoms with Gasteiger partial charge in [-0.25, -0.2) is 0 Å². The zero-order valence-electron chi connectivity index (χ0n) is 32.6. The van der Waals surface area contributed by atoms with Crippen LogP contribution in [0.25, 0.3) is 99.0 Å². The topological polar surface area (TPSA) is 25.6 Å². The minimum atomic E-state index is 0.637. The zero-order chi connectivity index (χ0) is 38.2. The summed E-state index contributed by atoms with van der Waals surface area (Å²) in [6, 6.07) is 63.4. The van der Waals surface area contributed by atoms with Gasteiger partial charge >= 0.3 is 0 Å². The van der Waals surface area contributed by atoms with Crippen LogP contribution < -0.4 is 0 Å². The molecule has 8 aromatic carbocycles. The molecule has 3 aromatic heterocycles. The van der Waals surface area contributed by atoms with Gasteiger partial charge in [-0.05, 0) is 137 Å². The molecule has 0 spiro atoms. The molecule has 0 saturated carbocycles. The van der Waals surface area contributed by atoms with Crippen molar-refractivity contribution in [3.05, 3.63) is 181 Å². The molecule has 0 atom stereocenters. The Balaban J connectivity index is 0.999. The fourth-order valence-electron chi connectivity index (χ4n) is 9.25. The van der Waals surface area contributed by atoms with Crippen LogP contribution in [0.4, 0.5) is 0 Å². The molecule has 3 heterocycles. The van der Waals surface area contributed by atoms with E-state index in [1.807, 2.05) is 0 Å². The third-order valence-corrected chi connectivity index (χ3v) is 12.1. The monoisotopic (exact) mass is 733 g/mol. The minimum Gasteiger partial charge on any atom is -0.355 e. The Hall–Kier alpha value is -6.84. The van der Waals surface area contributed by atoms with Gasteiger partial charge in [-0.3, -0.25) is 0 Å². The van der Waals surface area contributed by atoms with Crippen molar-refractivity contribution in [2.24, 2.45) is 5.92 Å². The lowest BCUT2D eigenvalue weighted by molar-refractivity contribution is 0.647. The first kappa shape index (κ1) is 33.5. The smallest absolute Gasteiger partial charge is 0.0541 e. The van der Waals surface area contributed by atoms with Crippen LogP contribution in [0, 0.1) is 5.92 Å². The lowest BCUT2D eigenvalue weighted by atomic mass is 9.98. The summed E-state index contributed by atoms with van der Waals surface area (Å²) in [6.07, 6.45) is 2.13. The van der Waals surface area contributed by atoms with E-state index in [0.29, 0.717) is 5.92 Å². The number of aryl methyl sites for hydroxylation is 1. The van der Waals surface area contributed by atoms with Crippen LogP contribution in [0.2, 0.25) is 0 Å². The maximum absolute atomic E-state index is 3.70. The quantitative estimate of drug-likeness (QED) is 0.169. The Kier molecular flexibility index (Phi) is 7.72. The summed E-state index contributed by atoms with van der Waals surface area (Å²) in [6.45, 7) is 6.76. The molecule has 11 rings (SSSR count). The van der Waals surface area contributed by atoms with Crippen LogP contribution in [0.5, 0.6) is 0 Å². The van der Waals surface area contributed by atoms with Crippen molar-refractivity contribution in [3.8, 4) is 33.6 Å². The van der Waals surface area contributed by atoms with E-state index in [1.54, 1.807) is 0 Å². The Morgan fingerprint density at radius 1 is 0.404 bits per heavy atom. The van der Waals surface area contributed by atoms with Crippen molar-refractivity contribution < 1.29 is 0 Å². The largest absolute Gasteiger partial charge is 0.355 e. The van der Waals surface area contributed by atoms with Gasteiger partial charge in [-0.15, -0.1) is 0 Å². The third-order valence-electron chi connectivity index (χ3n) is 12.1. The molecule has 0 amide bonds. The van der Waals surface area contributed by atoms with E-state index in [-0.39, 0.29) is 0 Å². The molecule has 1 N–H and O–H groups in total. The summed E-state index contributed by atoms with van der Waals surface area (Å²) < 4.78 is 4.81. The number of benzene rings is 8. The van der Waals surface area contributed by atoms with E-state index >= 15 is 0 Å². The fourth-order valence-corrected chi connectivity index (χ4v) is 9.25. The maximum Gasteiger partial charge on any atom is 0.0541 e. The normalized spacial score (nSPS) is 12.1. The van der Waals surface area contributed by atoms with Gasteiger partial charge < -0.3 is 14.1 Å². The Bertz CT molecular complexity index is 3310. The first-order valence-electron chi connectivity index (χ1n) is 20.3. The summed E-state index contributed by atoms with van der Waals surface area (Å²) in [4.78, 5) is 3.70. The second-order valence-electron chi connectivity index (χ2n) is 16.1. The number of aromatic nitrogens is 3. The number of fused-ring (bicyclic) bond motifs is 9. The van der Waals surface area contributed by atoms with E-state index < -0.39 is 0 Å². The highest BCUT2D eigenvalue weighted by molar-refractivity contribution is 6.13. The predicted octanol–water partition coefficient (Wildman–Crippen LogP) is 14.6. The molecule has 0 aliphatic heterocycles. The van der Waals surface area contributed by atoms with Crippen LogP contribution in [0.3, 0.4) is 0 Å². The number of hydrogen-bond donors (Lipinski definition) is 1. The molecule has 3 heteroatoms. The molecule has 57 heavy (non-hydrogen) atoms. The second kappa shape index (κ2) is 13.1. The SMILES string of the molecule is CCc1ccc(-n2c3ccccc3c3cc(-c4ccc5[nH]c6ccc(-c7ccc8c(c7)c7ccccc7n8-c7ccc(CC(C)C)cc7)cc6c5c4)ccc32)cc1. The standard InChI is InChI=1S/C54H43N3/c1-4-35-13-21-41(22-14-35)56-51-11-7-5-9-43(51)47-32-39(19-27-53(47)56)37-17-25-49-45(30-37)46-31-38(18-26-50(46)55-49)40-20-28-54-48(33-40)44-10-6-8-12-52(44)57(54)42-23-15-36(16-24-42)29-34(2)3/h5-28,30-34,55H,4,29H2,1-3H3. The molecule has 0 saturated heterocycles. The number of H-pyrrole nitrogens is 1. The number of nitrogens with one attached hydrogen (secondary N) is 1. The molecule has 0 unspecified atom stereocenters. The molecule has 11 aromatic rings. The highest BCUT2D eigenvalue weighted by Crippen LogP contribution is 2.39. The van der Waals surface area contributed by atoms with Crippen molar-refractivity contribution in [2.75, 3.05) is 0 Å². The van der Waals surface area contributed by atoms with Crippen molar-refractivity contribution >= 4 is 65.4 Å². The van der Waals surface area contributed by atoms with Gasteiger partial charge in [0.2, 0.25) is 0 Å². The van der Waals surface area contributed by atoms with E-state index in [2.05, 4.69) is 205 Å². The third kappa shape index (κ3) is 5.49. The first-order valence-corrected chi connectivity index (χ1v) is 20.3. The summed E-state index contributed by atoms with van der Waals surface area (Å²) in [7, 11) is 0. The number of nitrogens with zero attached hydrogens (tertiary/aromatic N) is 2. The first-order chi connectivity index (χ1) is 28.0.